The van der Waals surface area contributed by atoms with E-state index >= 15 is 0 Å². The lowest BCUT2D eigenvalue weighted by atomic mass is 10.2. The van der Waals surface area contributed by atoms with E-state index in [0.717, 1.165) is 16.4 Å². The van der Waals surface area contributed by atoms with E-state index in [1.807, 2.05) is 24.4 Å². The van der Waals surface area contributed by atoms with Gasteiger partial charge >= 0.3 is 0 Å². The van der Waals surface area contributed by atoms with E-state index in [4.69, 9.17) is 0 Å². The SMILES string of the molecule is [c]1ncc2c(ccc3cc[nH]c32)n1. The van der Waals surface area contributed by atoms with Crippen LogP contribution in [0.3, 0.4) is 0 Å². The number of aromatic nitrogens is 3. The molecular weight excluding hydrogens is 162 g/mol. The number of fused-ring (bicyclic) bond motifs is 3. The second kappa shape index (κ2) is 2.29. The molecule has 3 heteroatoms. The first kappa shape index (κ1) is 6.60. The molecule has 1 aromatic carbocycles. The van der Waals surface area contributed by atoms with Crippen LogP contribution in [0.2, 0.25) is 0 Å². The van der Waals surface area contributed by atoms with Crippen molar-refractivity contribution >= 4 is 21.8 Å². The van der Waals surface area contributed by atoms with Crippen molar-refractivity contribution in [2.24, 2.45) is 0 Å². The zero-order chi connectivity index (χ0) is 8.67. The van der Waals surface area contributed by atoms with Gasteiger partial charge in [0.15, 0.2) is 6.33 Å². The van der Waals surface area contributed by atoms with Crippen molar-refractivity contribution < 1.29 is 0 Å². The van der Waals surface area contributed by atoms with Crippen molar-refractivity contribution in [3.8, 4) is 0 Å². The Hall–Kier alpha value is -1.90. The normalized spacial score (nSPS) is 11.1. The molecule has 0 saturated carbocycles. The second-order valence-electron chi connectivity index (χ2n) is 2.91. The van der Waals surface area contributed by atoms with Gasteiger partial charge in [-0.15, -0.1) is 0 Å². The molecule has 2 heterocycles. The Bertz CT molecular complexity index is 568. The number of rotatable bonds is 0. The number of aromatic amines is 1. The average molecular weight is 168 g/mol. The molecule has 3 nitrogen and oxygen atoms in total. The highest BCUT2D eigenvalue weighted by Gasteiger charge is 2.00. The van der Waals surface area contributed by atoms with Crippen LogP contribution in [-0.2, 0) is 0 Å². The lowest BCUT2D eigenvalue weighted by Crippen LogP contribution is -1.81. The minimum absolute atomic E-state index is 0.921. The van der Waals surface area contributed by atoms with Crippen LogP contribution in [0.15, 0.2) is 30.6 Å². The first-order valence-electron chi connectivity index (χ1n) is 4.04. The Labute approximate surface area is 74.4 Å². The van der Waals surface area contributed by atoms with E-state index < -0.39 is 0 Å². The molecule has 3 aromatic rings. The molecule has 61 valence electrons. The Morgan fingerprint density at radius 3 is 3.23 bits per heavy atom. The molecule has 3 rings (SSSR count). The van der Waals surface area contributed by atoms with E-state index in [-0.39, 0.29) is 0 Å². The summed E-state index contributed by atoms with van der Waals surface area (Å²) in [6.45, 7) is 0. The van der Waals surface area contributed by atoms with Crippen LogP contribution in [0.4, 0.5) is 0 Å². The number of benzene rings is 1. The van der Waals surface area contributed by atoms with Crippen molar-refractivity contribution in [3.05, 3.63) is 36.9 Å². The fourth-order valence-electron chi connectivity index (χ4n) is 1.54. The molecule has 0 atom stereocenters. The first-order valence-corrected chi connectivity index (χ1v) is 4.04. The summed E-state index contributed by atoms with van der Waals surface area (Å²) in [6.07, 6.45) is 6.27. The molecule has 0 amide bonds. The highest BCUT2D eigenvalue weighted by Crippen LogP contribution is 2.20. The van der Waals surface area contributed by atoms with E-state index in [2.05, 4.69) is 21.3 Å². The van der Waals surface area contributed by atoms with Gasteiger partial charge in [0, 0.05) is 23.2 Å². The summed E-state index contributed by atoms with van der Waals surface area (Å²) in [5, 5.41) is 2.23. The minimum Gasteiger partial charge on any atom is -0.361 e. The van der Waals surface area contributed by atoms with Crippen LogP contribution in [0.25, 0.3) is 21.8 Å². The maximum Gasteiger partial charge on any atom is 0.198 e. The maximum atomic E-state index is 4.05. The molecule has 0 saturated heterocycles. The largest absolute Gasteiger partial charge is 0.361 e. The molecule has 0 spiro atoms. The highest BCUT2D eigenvalue weighted by atomic mass is 14.8. The van der Waals surface area contributed by atoms with Crippen molar-refractivity contribution in [1.82, 2.24) is 15.0 Å². The molecule has 0 fully saturated rings. The van der Waals surface area contributed by atoms with Gasteiger partial charge in [-0.25, -0.2) is 9.97 Å². The summed E-state index contributed by atoms with van der Waals surface area (Å²) in [6, 6.07) is 6.05. The third-order valence-electron chi connectivity index (χ3n) is 2.17. The number of hydrogen-bond donors (Lipinski definition) is 1. The summed E-state index contributed by atoms with van der Waals surface area (Å²) in [4.78, 5) is 11.1. The fourth-order valence-corrected chi connectivity index (χ4v) is 1.54. The summed E-state index contributed by atoms with van der Waals surface area (Å²) in [7, 11) is 0. The Morgan fingerprint density at radius 2 is 2.23 bits per heavy atom. The molecular formula is C10H6N3. The van der Waals surface area contributed by atoms with E-state index in [1.165, 1.54) is 5.39 Å². The summed E-state index contributed by atoms with van der Waals surface area (Å²) >= 11 is 0. The molecule has 0 aliphatic rings. The van der Waals surface area contributed by atoms with Gasteiger partial charge in [0.05, 0.1) is 11.0 Å². The minimum atomic E-state index is 0.921. The third kappa shape index (κ3) is 0.839. The van der Waals surface area contributed by atoms with Crippen LogP contribution in [0, 0.1) is 6.33 Å². The zero-order valence-corrected chi connectivity index (χ0v) is 6.78. The molecule has 0 bridgehead atoms. The third-order valence-corrected chi connectivity index (χ3v) is 2.17. The van der Waals surface area contributed by atoms with Gasteiger partial charge in [-0.05, 0) is 12.1 Å². The topological polar surface area (TPSA) is 41.6 Å². The zero-order valence-electron chi connectivity index (χ0n) is 6.78. The van der Waals surface area contributed by atoms with Gasteiger partial charge in [0.2, 0.25) is 0 Å². The monoisotopic (exact) mass is 168 g/mol. The Kier molecular flexibility index (Phi) is 1.16. The average Bonchev–Trinajstić information content (AvgIpc) is 2.65. The standard InChI is InChI=1S/C10H6N3/c1-2-9-8(5-11-6-13-9)10-7(1)3-4-12-10/h1-5,12H. The summed E-state index contributed by atoms with van der Waals surface area (Å²) < 4.78 is 0. The highest BCUT2D eigenvalue weighted by molar-refractivity contribution is 6.03. The Morgan fingerprint density at radius 1 is 1.23 bits per heavy atom. The van der Waals surface area contributed by atoms with Gasteiger partial charge < -0.3 is 4.98 Å². The number of H-pyrrole nitrogens is 1. The Balaban J connectivity index is 2.65. The van der Waals surface area contributed by atoms with Crippen molar-refractivity contribution in [2.75, 3.05) is 0 Å². The van der Waals surface area contributed by atoms with Crippen molar-refractivity contribution in [3.63, 3.8) is 0 Å². The van der Waals surface area contributed by atoms with Crippen molar-refractivity contribution in [2.45, 2.75) is 0 Å². The molecule has 0 unspecified atom stereocenters. The van der Waals surface area contributed by atoms with Gasteiger partial charge in [-0.2, -0.15) is 0 Å². The van der Waals surface area contributed by atoms with E-state index in [9.17, 15) is 0 Å². The lowest BCUT2D eigenvalue weighted by molar-refractivity contribution is 1.20. The number of nitrogens with one attached hydrogen (secondary N) is 1. The molecule has 13 heavy (non-hydrogen) atoms. The van der Waals surface area contributed by atoms with Crippen LogP contribution in [0.5, 0.6) is 0 Å². The number of hydrogen-bond acceptors (Lipinski definition) is 2. The second-order valence-corrected chi connectivity index (χ2v) is 2.91. The van der Waals surface area contributed by atoms with Crippen LogP contribution >= 0.6 is 0 Å². The van der Waals surface area contributed by atoms with Gasteiger partial charge in [-0.3, -0.25) is 0 Å². The van der Waals surface area contributed by atoms with Crippen LogP contribution < -0.4 is 0 Å². The maximum absolute atomic E-state index is 4.05. The van der Waals surface area contributed by atoms with Crippen LogP contribution in [-0.4, -0.2) is 15.0 Å². The quantitative estimate of drug-likeness (QED) is 0.557. The first-order chi connectivity index (χ1) is 6.45. The predicted molar refractivity (Wildman–Crippen MR) is 50.2 cm³/mol. The predicted octanol–water partition coefficient (Wildman–Crippen LogP) is 1.91. The lowest BCUT2D eigenvalue weighted by Gasteiger charge is -1.95. The van der Waals surface area contributed by atoms with Gasteiger partial charge in [0.25, 0.3) is 0 Å². The molecule has 1 radical (unpaired) electrons. The van der Waals surface area contributed by atoms with Gasteiger partial charge in [-0.1, -0.05) is 6.07 Å². The fraction of sp³-hybridized carbons (Fsp3) is 0. The van der Waals surface area contributed by atoms with E-state index in [1.54, 1.807) is 6.20 Å². The van der Waals surface area contributed by atoms with E-state index in [0.29, 0.717) is 0 Å². The number of nitrogens with zero attached hydrogens (tertiary/aromatic N) is 2. The summed E-state index contributed by atoms with van der Waals surface area (Å²) in [5.74, 6) is 0. The molecule has 0 aliphatic heterocycles. The van der Waals surface area contributed by atoms with Crippen LogP contribution in [0.1, 0.15) is 0 Å². The molecule has 1 N–H and O–H groups in total. The smallest absolute Gasteiger partial charge is 0.198 e. The van der Waals surface area contributed by atoms with Gasteiger partial charge in [0.1, 0.15) is 0 Å². The van der Waals surface area contributed by atoms with Crippen molar-refractivity contribution in [1.29, 1.82) is 0 Å². The molecule has 2 aromatic heterocycles. The summed E-state index contributed by atoms with van der Waals surface area (Å²) in [5.41, 5.74) is 2.01. The molecule has 0 aliphatic carbocycles.